The minimum atomic E-state index is -5.19. The van der Waals surface area contributed by atoms with Crippen molar-refractivity contribution in [3.05, 3.63) is 75.3 Å². The average Bonchev–Trinajstić information content (AvgIpc) is 3.52. The third-order valence-corrected chi connectivity index (χ3v) is 8.20. The average molecular weight is 671 g/mol. The number of imidazole rings is 1. The van der Waals surface area contributed by atoms with Crippen molar-refractivity contribution in [1.29, 1.82) is 0 Å². The molecule has 1 unspecified atom stereocenters. The Morgan fingerprint density at radius 1 is 0.952 bits per heavy atom. The van der Waals surface area contributed by atoms with Crippen molar-refractivity contribution in [2.75, 3.05) is 7.05 Å². The SMILES string of the molecule is C[N+](C(=O)C1=CC(=NC(=O)c2ncc[nH]2)C=N1)=C1C=C2C(=CC(S(=O)(=O)O)=CC2S(=O)(=O)O)C(S(=O)(=O)O)=C1.[NaH].[NaH].[NaH]. The number of nitrogens with one attached hydrogen (secondary N) is 1. The van der Waals surface area contributed by atoms with Gasteiger partial charge in [0.05, 0.1) is 16.8 Å². The van der Waals surface area contributed by atoms with Gasteiger partial charge in [0.1, 0.15) is 17.2 Å². The fourth-order valence-electron chi connectivity index (χ4n) is 3.64. The molecule has 0 aromatic carbocycles. The first-order valence-corrected chi connectivity index (χ1v) is 14.7. The van der Waals surface area contributed by atoms with Crippen LogP contribution in [0.1, 0.15) is 10.6 Å². The van der Waals surface area contributed by atoms with E-state index in [1.54, 1.807) is 0 Å². The summed E-state index contributed by atoms with van der Waals surface area (Å²) in [6.07, 6.45) is 7.71. The van der Waals surface area contributed by atoms with Crippen LogP contribution in [-0.2, 0) is 35.1 Å². The Hall–Kier alpha value is -1.01. The zero-order valence-corrected chi connectivity index (χ0v) is 21.8. The summed E-state index contributed by atoms with van der Waals surface area (Å²) in [6, 6.07) is 0. The summed E-state index contributed by atoms with van der Waals surface area (Å²) < 4.78 is 101. The molecule has 0 saturated heterocycles. The van der Waals surface area contributed by atoms with Crippen LogP contribution in [0.2, 0.25) is 0 Å². The Labute approximate surface area is 305 Å². The standard InChI is InChI=1S/C20H15N5O11S3.3Na.3H/c1-25(20(27)15-4-10(9-23-15)24-19(26)18-21-2-3-22-18)11-5-13-14(16(6-11)38(31,32)33)7-12(37(28,29)30)8-17(13)39(34,35)36;;;;;;/h2-9,17H,1H3,(H3-,21,22,26,28,29,30,31,32,33,34,35,36);;;;;;/p+1. The summed E-state index contributed by atoms with van der Waals surface area (Å²) in [5.74, 6) is -1.71. The van der Waals surface area contributed by atoms with Crippen LogP contribution in [0.5, 0.6) is 0 Å². The third-order valence-electron chi connectivity index (χ3n) is 5.43. The molecule has 2 amide bonds. The molecule has 1 aliphatic heterocycles. The number of fused-ring (bicyclic) bond motifs is 1. The van der Waals surface area contributed by atoms with Crippen molar-refractivity contribution >= 4 is 148 Å². The van der Waals surface area contributed by atoms with Gasteiger partial charge in [-0.3, -0.25) is 18.5 Å². The molecule has 0 saturated carbocycles. The summed E-state index contributed by atoms with van der Waals surface area (Å²) in [5.41, 5.74) is -1.78. The number of H-pyrrole nitrogens is 1. The maximum atomic E-state index is 13.1. The van der Waals surface area contributed by atoms with Crippen LogP contribution < -0.4 is 0 Å². The van der Waals surface area contributed by atoms with Gasteiger partial charge in [-0.2, -0.15) is 29.8 Å². The number of hydrogen-bond acceptors (Lipinski definition) is 10. The molecular weight excluding hydrogens is 651 g/mol. The number of nitrogens with zero attached hydrogens (tertiary/aromatic N) is 4. The molecule has 4 rings (SSSR count). The maximum absolute atomic E-state index is 13.1. The third kappa shape index (κ3) is 8.58. The van der Waals surface area contributed by atoms with Crippen molar-refractivity contribution in [2.24, 2.45) is 9.98 Å². The summed E-state index contributed by atoms with van der Waals surface area (Å²) >= 11 is 0. The molecule has 42 heavy (non-hydrogen) atoms. The molecule has 3 aliphatic rings. The van der Waals surface area contributed by atoms with Gasteiger partial charge >= 0.3 is 100 Å². The van der Waals surface area contributed by atoms with Gasteiger partial charge in [0.2, 0.25) is 5.71 Å². The molecule has 2 heterocycles. The number of allylic oxidation sites excluding steroid dienone is 5. The Morgan fingerprint density at radius 2 is 1.60 bits per heavy atom. The second kappa shape index (κ2) is 14.4. The first-order chi connectivity index (χ1) is 18.0. The first kappa shape index (κ1) is 39.0. The Bertz CT molecular complexity index is 1920. The van der Waals surface area contributed by atoms with Crippen molar-refractivity contribution in [1.82, 2.24) is 9.97 Å². The van der Waals surface area contributed by atoms with Crippen molar-refractivity contribution < 1.29 is 53.1 Å². The predicted molar refractivity (Wildman–Crippen MR) is 155 cm³/mol. The zero-order chi connectivity index (χ0) is 28.9. The number of carbonyl (C=O) groups excluding carboxylic acids is 2. The van der Waals surface area contributed by atoms with Crippen LogP contribution in [-0.4, -0.2) is 184 Å². The molecule has 1 aromatic heterocycles. The first-order valence-electron chi connectivity index (χ1n) is 10.3. The normalized spacial score (nSPS) is 20.3. The number of carbonyl (C=O) groups is 2. The predicted octanol–water partition coefficient (Wildman–Crippen LogP) is -2.70. The number of hydrogen-bond donors (Lipinski definition) is 4. The summed E-state index contributed by atoms with van der Waals surface area (Å²) in [5, 5.41) is -2.20. The van der Waals surface area contributed by atoms with Crippen molar-refractivity contribution in [3.8, 4) is 0 Å². The van der Waals surface area contributed by atoms with Crippen LogP contribution >= 0.6 is 0 Å². The van der Waals surface area contributed by atoms with Crippen LogP contribution in [0.3, 0.4) is 0 Å². The van der Waals surface area contributed by atoms with E-state index in [2.05, 4.69) is 20.0 Å². The van der Waals surface area contributed by atoms with Crippen molar-refractivity contribution in [3.63, 3.8) is 0 Å². The number of aromatic amines is 1. The van der Waals surface area contributed by atoms with Gasteiger partial charge in [-0.25, -0.2) is 19.8 Å². The zero-order valence-electron chi connectivity index (χ0n) is 19.3. The number of likely N-dealkylation sites (N-methyl/N-ethyl adjacent to an activating group) is 1. The van der Waals surface area contributed by atoms with Gasteiger partial charge in [-0.15, -0.1) is 0 Å². The number of aromatic nitrogens is 2. The molecule has 2 aliphatic carbocycles. The molecule has 1 aromatic rings. The minimum absolute atomic E-state index is 0. The number of rotatable bonds is 5. The van der Waals surface area contributed by atoms with E-state index in [1.807, 2.05) is 0 Å². The summed E-state index contributed by atoms with van der Waals surface area (Å²) in [6.45, 7) is 0. The van der Waals surface area contributed by atoms with Gasteiger partial charge in [0.25, 0.3) is 30.4 Å². The summed E-state index contributed by atoms with van der Waals surface area (Å²) in [7, 11) is -14.3. The summed E-state index contributed by atoms with van der Waals surface area (Å²) in [4.78, 5) is 37.0. The van der Waals surface area contributed by atoms with E-state index < -0.39 is 68.4 Å². The molecule has 0 spiro atoms. The number of amides is 2. The van der Waals surface area contributed by atoms with Crippen LogP contribution in [0.25, 0.3) is 0 Å². The Balaban J connectivity index is 0.00000294. The molecule has 4 N–H and O–H groups in total. The van der Waals surface area contributed by atoms with Crippen LogP contribution in [0, 0.1) is 0 Å². The van der Waals surface area contributed by atoms with Gasteiger partial charge in [0.15, 0.2) is 11.5 Å². The Morgan fingerprint density at radius 3 is 2.12 bits per heavy atom. The van der Waals surface area contributed by atoms with E-state index in [0.29, 0.717) is 12.2 Å². The van der Waals surface area contributed by atoms with Gasteiger partial charge in [-0.1, -0.05) is 0 Å². The van der Waals surface area contributed by atoms with E-state index in [4.69, 9.17) is 0 Å². The number of aliphatic imine (C=N–C) groups is 2. The van der Waals surface area contributed by atoms with Gasteiger partial charge in [0, 0.05) is 36.2 Å². The Kier molecular flexibility index (Phi) is 13.4. The van der Waals surface area contributed by atoms with E-state index in [0.717, 1.165) is 36.1 Å². The van der Waals surface area contributed by atoms with E-state index in [9.17, 15) is 48.5 Å². The van der Waals surface area contributed by atoms with E-state index in [1.165, 1.54) is 12.4 Å². The molecule has 0 radical (unpaired) electrons. The molecular formula is C20H19N5Na3O11S3+. The van der Waals surface area contributed by atoms with Gasteiger partial charge in [-0.05, 0) is 17.7 Å². The van der Waals surface area contributed by atoms with Crippen LogP contribution in [0.4, 0.5) is 0 Å². The molecule has 0 bridgehead atoms. The molecule has 0 fully saturated rings. The van der Waals surface area contributed by atoms with Crippen molar-refractivity contribution in [2.45, 2.75) is 5.25 Å². The fourth-order valence-corrected chi connectivity index (χ4v) is 5.86. The molecule has 22 heteroatoms. The van der Waals surface area contributed by atoms with Gasteiger partial charge < -0.3 is 4.98 Å². The molecule has 1 atom stereocenters. The van der Waals surface area contributed by atoms with E-state index >= 15 is 0 Å². The topological polar surface area (TPSA) is 254 Å². The fraction of sp³-hybridized carbons (Fsp3) is 0.100. The molecule has 16 nitrogen and oxygen atoms in total. The quantitative estimate of drug-likeness (QED) is 0.142. The second-order valence-corrected chi connectivity index (χ2v) is 12.3. The monoisotopic (exact) mass is 670 g/mol. The van der Waals surface area contributed by atoms with Crippen LogP contribution in [0.15, 0.2) is 79.4 Å². The second-order valence-electron chi connectivity index (χ2n) is 7.98. The molecule has 210 valence electrons. The van der Waals surface area contributed by atoms with E-state index in [-0.39, 0.29) is 112 Å².